The smallest absolute Gasteiger partial charge is 0.328 e. The topological polar surface area (TPSA) is 183 Å². The van der Waals surface area contributed by atoms with Crippen molar-refractivity contribution in [2.24, 2.45) is 0 Å². The number of benzene rings is 1. The second-order valence-electron chi connectivity index (χ2n) is 10.7. The van der Waals surface area contributed by atoms with Gasteiger partial charge >= 0.3 is 23.9 Å². The van der Waals surface area contributed by atoms with Crippen molar-refractivity contribution in [3.8, 4) is 5.88 Å². The SMILES string of the molecule is CN(CCCCOc1cc2n(n1)CCCC2)C1CCN(Cc2ccccc2)CC1.O=C(O)/C=C\C(=O)O.O=C(O)/C=C\C(=O)O. The second kappa shape index (κ2) is 20.5. The number of rotatable bonds is 13. The zero-order chi connectivity index (χ0) is 33.0. The first kappa shape index (κ1) is 36.7. The van der Waals surface area contributed by atoms with Gasteiger partial charge in [-0.1, -0.05) is 30.3 Å². The summed E-state index contributed by atoms with van der Waals surface area (Å²) in [4.78, 5) is 43.4. The van der Waals surface area contributed by atoms with Crippen LogP contribution in [0.25, 0.3) is 0 Å². The van der Waals surface area contributed by atoms with E-state index in [1.165, 1.54) is 56.5 Å². The van der Waals surface area contributed by atoms with Gasteiger partial charge in [-0.05, 0) is 77.2 Å². The molecule has 2 aliphatic heterocycles. The highest BCUT2D eigenvalue weighted by Crippen LogP contribution is 2.20. The molecule has 0 radical (unpaired) electrons. The van der Waals surface area contributed by atoms with Crippen LogP contribution in [0.5, 0.6) is 5.88 Å². The Hall–Kier alpha value is -4.49. The van der Waals surface area contributed by atoms with E-state index in [9.17, 15) is 19.2 Å². The highest BCUT2D eigenvalue weighted by molar-refractivity contribution is 5.90. The van der Waals surface area contributed by atoms with Crippen molar-refractivity contribution < 1.29 is 44.3 Å². The van der Waals surface area contributed by atoms with Gasteiger partial charge in [-0.25, -0.2) is 19.2 Å². The Bertz CT molecular complexity index is 1180. The first-order valence-corrected chi connectivity index (χ1v) is 15.0. The number of ether oxygens (including phenoxy) is 1. The lowest BCUT2D eigenvalue weighted by Gasteiger charge is -2.36. The number of hydrogen-bond acceptors (Lipinski definition) is 8. The van der Waals surface area contributed by atoms with E-state index in [0.717, 1.165) is 51.0 Å². The first-order valence-electron chi connectivity index (χ1n) is 15.0. The highest BCUT2D eigenvalue weighted by atomic mass is 16.5. The number of unbranched alkanes of at least 4 members (excludes halogenated alkanes) is 1. The number of aromatic nitrogens is 2. The predicted molar refractivity (Wildman–Crippen MR) is 166 cm³/mol. The molecule has 4 N–H and O–H groups in total. The van der Waals surface area contributed by atoms with Gasteiger partial charge in [-0.3, -0.25) is 9.58 Å². The number of fused-ring (bicyclic) bond motifs is 1. The largest absolute Gasteiger partial charge is 0.478 e. The number of piperidine rings is 1. The van der Waals surface area contributed by atoms with Gasteiger partial charge in [0.05, 0.1) is 6.61 Å². The van der Waals surface area contributed by atoms with Crippen LogP contribution >= 0.6 is 0 Å². The predicted octanol–water partition coefficient (Wildman–Crippen LogP) is 3.40. The fraction of sp³-hybridized carbons (Fsp3) is 0.469. The van der Waals surface area contributed by atoms with E-state index < -0.39 is 23.9 Å². The maximum atomic E-state index is 9.55. The van der Waals surface area contributed by atoms with E-state index in [4.69, 9.17) is 25.2 Å². The molecule has 1 saturated heterocycles. The molecule has 4 rings (SSSR count). The number of nitrogens with zero attached hydrogens (tertiary/aromatic N) is 4. The monoisotopic (exact) mass is 628 g/mol. The summed E-state index contributed by atoms with van der Waals surface area (Å²) < 4.78 is 8.02. The van der Waals surface area contributed by atoms with Crippen molar-refractivity contribution in [2.75, 3.05) is 33.3 Å². The molecule has 1 aromatic heterocycles. The molecular weight excluding hydrogens is 584 g/mol. The minimum atomic E-state index is -1.26. The molecule has 45 heavy (non-hydrogen) atoms. The van der Waals surface area contributed by atoms with Gasteiger partial charge in [-0.2, -0.15) is 0 Å². The number of carbonyl (C=O) groups is 4. The minimum absolute atomic E-state index is 0.558. The van der Waals surface area contributed by atoms with Crippen LogP contribution in [0.1, 0.15) is 49.8 Å². The molecule has 1 fully saturated rings. The zero-order valence-electron chi connectivity index (χ0n) is 25.7. The normalized spacial score (nSPS) is 15.1. The number of likely N-dealkylation sites (tertiary alicyclic amines) is 1. The summed E-state index contributed by atoms with van der Waals surface area (Å²) in [6, 6.07) is 13.7. The Morgan fingerprint density at radius 3 is 1.98 bits per heavy atom. The third-order valence-electron chi connectivity index (χ3n) is 7.22. The maximum Gasteiger partial charge on any atom is 0.328 e. The lowest BCUT2D eigenvalue weighted by Crippen LogP contribution is -2.43. The van der Waals surface area contributed by atoms with Gasteiger partial charge in [-0.15, -0.1) is 5.10 Å². The number of carboxylic acids is 4. The lowest BCUT2D eigenvalue weighted by atomic mass is 10.0. The Labute approximate surface area is 263 Å². The fourth-order valence-corrected chi connectivity index (χ4v) is 4.93. The van der Waals surface area contributed by atoms with Crippen LogP contribution < -0.4 is 4.74 Å². The third kappa shape index (κ3) is 16.2. The maximum absolute atomic E-state index is 9.55. The fourth-order valence-electron chi connectivity index (χ4n) is 4.93. The van der Waals surface area contributed by atoms with E-state index in [1.54, 1.807) is 0 Å². The minimum Gasteiger partial charge on any atom is -0.478 e. The van der Waals surface area contributed by atoms with Crippen LogP contribution in [0.2, 0.25) is 0 Å². The van der Waals surface area contributed by atoms with E-state index in [-0.39, 0.29) is 0 Å². The van der Waals surface area contributed by atoms with Crippen LogP contribution in [0.4, 0.5) is 0 Å². The third-order valence-corrected chi connectivity index (χ3v) is 7.22. The van der Waals surface area contributed by atoms with Crippen molar-refractivity contribution in [2.45, 2.75) is 64.1 Å². The number of hydrogen-bond donors (Lipinski definition) is 4. The Morgan fingerprint density at radius 1 is 0.867 bits per heavy atom. The Kier molecular flexibility index (Phi) is 16.7. The van der Waals surface area contributed by atoms with Crippen molar-refractivity contribution in [3.05, 3.63) is 72.0 Å². The average Bonchev–Trinajstić information content (AvgIpc) is 3.43. The van der Waals surface area contributed by atoms with Crippen molar-refractivity contribution in [1.29, 1.82) is 0 Å². The molecule has 2 aliphatic rings. The molecule has 13 heteroatoms. The van der Waals surface area contributed by atoms with Gasteiger partial charge in [0, 0.05) is 55.2 Å². The molecule has 0 amide bonds. The number of aliphatic carboxylic acids is 4. The van der Waals surface area contributed by atoms with Crippen LogP contribution in [-0.2, 0) is 38.7 Å². The van der Waals surface area contributed by atoms with Gasteiger partial charge in [0.1, 0.15) is 0 Å². The lowest BCUT2D eigenvalue weighted by molar-refractivity contribution is -0.134. The van der Waals surface area contributed by atoms with E-state index in [2.05, 4.69) is 63.0 Å². The van der Waals surface area contributed by atoms with Crippen LogP contribution in [0.15, 0.2) is 60.7 Å². The van der Waals surface area contributed by atoms with Gasteiger partial charge in [0.15, 0.2) is 0 Å². The molecular formula is C32H44N4O9. The van der Waals surface area contributed by atoms with E-state index in [1.807, 2.05) is 0 Å². The van der Waals surface area contributed by atoms with Gasteiger partial charge in [0.25, 0.3) is 0 Å². The van der Waals surface area contributed by atoms with Crippen LogP contribution in [-0.4, -0.2) is 103 Å². The summed E-state index contributed by atoms with van der Waals surface area (Å²) in [5, 5.41) is 35.8. The van der Waals surface area contributed by atoms with Crippen molar-refractivity contribution in [3.63, 3.8) is 0 Å². The quantitative estimate of drug-likeness (QED) is 0.188. The van der Waals surface area contributed by atoms with Gasteiger partial charge in [0.2, 0.25) is 5.88 Å². The molecule has 0 unspecified atom stereocenters. The van der Waals surface area contributed by atoms with E-state index in [0.29, 0.717) is 24.3 Å². The highest BCUT2D eigenvalue weighted by Gasteiger charge is 2.22. The Balaban J connectivity index is 0.000000365. The molecule has 246 valence electrons. The summed E-state index contributed by atoms with van der Waals surface area (Å²) in [5.74, 6) is -4.21. The van der Waals surface area contributed by atoms with Crippen molar-refractivity contribution >= 4 is 23.9 Å². The molecule has 0 saturated carbocycles. The summed E-state index contributed by atoms with van der Waals surface area (Å²) >= 11 is 0. The molecule has 0 atom stereocenters. The second-order valence-corrected chi connectivity index (χ2v) is 10.7. The summed E-state index contributed by atoms with van der Waals surface area (Å²) in [6.07, 6.45) is 10.7. The molecule has 0 spiro atoms. The van der Waals surface area contributed by atoms with Gasteiger partial charge < -0.3 is 30.1 Å². The summed E-state index contributed by atoms with van der Waals surface area (Å²) in [7, 11) is 2.29. The van der Waals surface area contributed by atoms with E-state index >= 15 is 0 Å². The molecule has 3 heterocycles. The summed E-state index contributed by atoms with van der Waals surface area (Å²) in [6.45, 7) is 6.49. The van der Waals surface area contributed by atoms with Crippen LogP contribution in [0, 0.1) is 0 Å². The number of carboxylic acid groups (broad SMARTS) is 4. The molecule has 2 aromatic rings. The number of aryl methyl sites for hydroxylation is 2. The zero-order valence-corrected chi connectivity index (χ0v) is 25.7. The van der Waals surface area contributed by atoms with Crippen molar-refractivity contribution in [1.82, 2.24) is 19.6 Å². The molecule has 13 nitrogen and oxygen atoms in total. The molecule has 0 aliphatic carbocycles. The van der Waals surface area contributed by atoms with Crippen LogP contribution in [0.3, 0.4) is 0 Å². The standard InChI is InChI=1S/C24H36N4O.2C4H4O4/c1-26(22-12-16-27(17-13-22)20-21-9-3-2-4-10-21)14-7-8-18-29-24-19-23-11-5-6-15-28(23)25-24;2*5-3(6)1-2-4(7)8/h2-4,9-10,19,22H,5-8,11-18,20H2,1H3;2*1-2H,(H,5,6)(H,7,8)/b;2*2-1-. The first-order chi connectivity index (χ1) is 21.5. The summed E-state index contributed by atoms with van der Waals surface area (Å²) in [5.41, 5.74) is 2.77. The molecule has 1 aromatic carbocycles. The Morgan fingerprint density at radius 2 is 1.44 bits per heavy atom. The molecule has 0 bridgehead atoms. The average molecular weight is 629 g/mol.